The predicted octanol–water partition coefficient (Wildman–Crippen LogP) is 1.88. The highest BCUT2D eigenvalue weighted by molar-refractivity contribution is 6.05. The van der Waals surface area contributed by atoms with Crippen LogP contribution in [0.4, 0.5) is 0 Å². The van der Waals surface area contributed by atoms with E-state index in [0.717, 1.165) is 12.8 Å². The number of hydrogen-bond acceptors (Lipinski definition) is 8. The van der Waals surface area contributed by atoms with Gasteiger partial charge in [0.15, 0.2) is 18.2 Å². The molecule has 4 saturated carbocycles. The predicted molar refractivity (Wildman–Crippen MR) is 108 cm³/mol. The van der Waals surface area contributed by atoms with Gasteiger partial charge in [-0.15, -0.1) is 0 Å². The van der Waals surface area contributed by atoms with Gasteiger partial charge in [0.1, 0.15) is 11.5 Å². The van der Waals surface area contributed by atoms with Crippen LogP contribution in [-0.2, 0) is 33.3 Å². The number of esters is 2. The van der Waals surface area contributed by atoms with E-state index in [2.05, 4.69) is 20.4 Å². The highest BCUT2D eigenvalue weighted by atomic mass is 16.8. The number of aliphatic hydroxyl groups is 1. The van der Waals surface area contributed by atoms with Gasteiger partial charge in [0.05, 0.1) is 6.10 Å². The van der Waals surface area contributed by atoms with E-state index in [1.165, 1.54) is 13.8 Å². The third-order valence-corrected chi connectivity index (χ3v) is 9.60. The Morgan fingerprint density at radius 2 is 1.81 bits per heavy atom. The molecule has 4 aliphatic carbocycles. The van der Waals surface area contributed by atoms with E-state index in [9.17, 15) is 19.5 Å². The molecule has 1 N–H and O–H groups in total. The van der Waals surface area contributed by atoms with Crippen LogP contribution in [0.2, 0.25) is 0 Å². The molecule has 10 atom stereocenters. The van der Waals surface area contributed by atoms with Crippen molar-refractivity contribution < 1.29 is 38.4 Å². The molecule has 2 spiro atoms. The molecular weight excluding hydrogens is 416 g/mol. The van der Waals surface area contributed by atoms with Gasteiger partial charge in [-0.1, -0.05) is 26.8 Å². The molecule has 4 saturated heterocycles. The summed E-state index contributed by atoms with van der Waals surface area (Å²) < 4.78 is 24.4. The summed E-state index contributed by atoms with van der Waals surface area (Å²) in [6.45, 7) is 10.9. The van der Waals surface area contributed by atoms with Gasteiger partial charge in [-0.05, 0) is 30.3 Å². The molecule has 8 fully saturated rings. The number of carbonyl (C=O) groups excluding carboxylic acids is 3. The number of rotatable bonds is 2. The molecule has 0 radical (unpaired) electrons. The van der Waals surface area contributed by atoms with E-state index in [1.54, 1.807) is 0 Å². The first kappa shape index (κ1) is 20.8. The van der Waals surface area contributed by atoms with Crippen molar-refractivity contribution in [3.8, 4) is 0 Å². The van der Waals surface area contributed by atoms with Gasteiger partial charge in [-0.2, -0.15) is 0 Å². The van der Waals surface area contributed by atoms with Crippen LogP contribution in [0.1, 0.15) is 53.4 Å². The molecule has 8 rings (SSSR count). The number of carbonyl (C=O) groups is 3. The van der Waals surface area contributed by atoms with Gasteiger partial charge in [0, 0.05) is 37.0 Å². The average molecular weight is 446 g/mol. The number of ketones is 1. The second kappa shape index (κ2) is 5.83. The van der Waals surface area contributed by atoms with E-state index >= 15 is 0 Å². The first-order valence-corrected chi connectivity index (χ1v) is 11.6. The molecule has 0 amide bonds. The van der Waals surface area contributed by atoms with Crippen molar-refractivity contribution in [3.05, 3.63) is 12.2 Å². The monoisotopic (exact) mass is 446 g/mol. The molecule has 0 unspecified atom stereocenters. The number of Topliss-reactive ketones (excluding diaryl/α,β-unsaturated/α-hetero) is 1. The fraction of sp³-hybridized carbons (Fsp3) is 0.792. The number of hydrogen-bond donors (Lipinski definition) is 1. The molecule has 174 valence electrons. The second-order valence-corrected chi connectivity index (χ2v) is 11.4. The largest absolute Gasteiger partial charge is 0.462 e. The van der Waals surface area contributed by atoms with Crippen LogP contribution < -0.4 is 0 Å². The van der Waals surface area contributed by atoms with Crippen LogP contribution >= 0.6 is 0 Å². The van der Waals surface area contributed by atoms with Crippen LogP contribution in [0.5, 0.6) is 0 Å². The lowest BCUT2D eigenvalue weighted by atomic mass is 9.34. The Balaban J connectivity index is 1.66. The Bertz CT molecular complexity index is 971. The van der Waals surface area contributed by atoms with Crippen molar-refractivity contribution in [1.82, 2.24) is 0 Å². The third-order valence-electron chi connectivity index (χ3n) is 9.60. The molecule has 8 nitrogen and oxygen atoms in total. The summed E-state index contributed by atoms with van der Waals surface area (Å²) in [6.07, 6.45) is -0.198. The molecule has 0 aromatic rings. The standard InChI is InChI=1S/C24H30O8/c1-10-13-9-14(29-11(2)25)15-22-8-6-7-21(4,5)16(22)19(30-12(3)26)24(28)23(15,17(10)27)18(13)31-20(22)32-24/h13-16,18-20,28H,1,6-9H2,2-5H3/t13-,14-,15-,16+,18-,19-,20-,22+,23-,24+/m0/s1. The molecule has 8 heteroatoms. The SMILES string of the molecule is C=C1C(=O)[C@@]23[C@H]4O[C@H]5O[C@]2(O)[C@@H](OC(C)=O)[C@@H]2C(C)(C)CCC[C@]52[C@@H]3[C@@H](OC(C)=O)C[C@@H]14. The second-order valence-electron chi connectivity index (χ2n) is 11.4. The zero-order valence-electron chi connectivity index (χ0n) is 18.9. The minimum absolute atomic E-state index is 0.314. The first-order valence-electron chi connectivity index (χ1n) is 11.6. The van der Waals surface area contributed by atoms with Crippen LogP contribution in [0.25, 0.3) is 0 Å². The van der Waals surface area contributed by atoms with Crippen LogP contribution in [0.15, 0.2) is 12.2 Å². The van der Waals surface area contributed by atoms with E-state index in [1.807, 2.05) is 0 Å². The minimum Gasteiger partial charge on any atom is -0.462 e. The van der Waals surface area contributed by atoms with Crippen LogP contribution in [-0.4, -0.2) is 53.2 Å². The maximum atomic E-state index is 14.0. The highest BCUT2D eigenvalue weighted by Crippen LogP contribution is 2.82. The summed E-state index contributed by atoms with van der Waals surface area (Å²) in [5.41, 5.74) is -2.23. The van der Waals surface area contributed by atoms with Crippen molar-refractivity contribution in [3.63, 3.8) is 0 Å². The van der Waals surface area contributed by atoms with Gasteiger partial charge < -0.3 is 24.1 Å². The Morgan fingerprint density at radius 1 is 1.12 bits per heavy atom. The van der Waals surface area contributed by atoms with Crippen molar-refractivity contribution in [1.29, 1.82) is 0 Å². The molecule has 4 aliphatic heterocycles. The summed E-state index contributed by atoms with van der Waals surface area (Å²) in [5, 5.41) is 12.3. The third kappa shape index (κ3) is 1.93. The maximum Gasteiger partial charge on any atom is 0.303 e. The van der Waals surface area contributed by atoms with Gasteiger partial charge in [0.2, 0.25) is 5.79 Å². The summed E-state index contributed by atoms with van der Waals surface area (Å²) in [5.74, 6) is -4.56. The lowest BCUT2D eigenvalue weighted by molar-refractivity contribution is -0.553. The van der Waals surface area contributed by atoms with E-state index in [0.29, 0.717) is 18.4 Å². The molecule has 0 aromatic heterocycles. The zero-order valence-corrected chi connectivity index (χ0v) is 18.9. The fourth-order valence-corrected chi connectivity index (χ4v) is 9.07. The van der Waals surface area contributed by atoms with Crippen LogP contribution in [0, 0.1) is 34.0 Å². The van der Waals surface area contributed by atoms with Gasteiger partial charge >= 0.3 is 11.9 Å². The Hall–Kier alpha value is -1.77. The van der Waals surface area contributed by atoms with Crippen molar-refractivity contribution in [2.75, 3.05) is 0 Å². The summed E-state index contributed by atoms with van der Waals surface area (Å²) in [4.78, 5) is 38.3. The molecule has 4 heterocycles. The van der Waals surface area contributed by atoms with Crippen LogP contribution in [0.3, 0.4) is 0 Å². The number of ether oxygens (including phenoxy) is 4. The molecule has 32 heavy (non-hydrogen) atoms. The Morgan fingerprint density at radius 3 is 2.47 bits per heavy atom. The first-order chi connectivity index (χ1) is 14.9. The smallest absolute Gasteiger partial charge is 0.303 e. The molecular formula is C24H30O8. The van der Waals surface area contributed by atoms with E-state index in [4.69, 9.17) is 18.9 Å². The summed E-state index contributed by atoms with van der Waals surface area (Å²) in [7, 11) is 0. The molecule has 0 aromatic carbocycles. The Labute approximate surface area is 186 Å². The lowest BCUT2D eigenvalue weighted by Gasteiger charge is -2.79. The lowest BCUT2D eigenvalue weighted by Crippen LogP contribution is -2.91. The van der Waals surface area contributed by atoms with Gasteiger partial charge in [-0.25, -0.2) is 0 Å². The normalized spacial score (nSPS) is 53.7. The minimum atomic E-state index is -2.08. The highest BCUT2D eigenvalue weighted by Gasteiger charge is 2.93. The van der Waals surface area contributed by atoms with E-state index in [-0.39, 0.29) is 23.0 Å². The Kier molecular flexibility index (Phi) is 3.79. The quantitative estimate of drug-likeness (QED) is 0.506. The zero-order chi connectivity index (χ0) is 23.0. The van der Waals surface area contributed by atoms with Crippen molar-refractivity contribution in [2.45, 2.75) is 83.8 Å². The molecule has 8 aliphatic rings. The van der Waals surface area contributed by atoms with Gasteiger partial charge in [0.25, 0.3) is 0 Å². The van der Waals surface area contributed by atoms with Crippen molar-refractivity contribution >= 4 is 17.7 Å². The van der Waals surface area contributed by atoms with Crippen molar-refractivity contribution in [2.24, 2.45) is 34.0 Å². The maximum absolute atomic E-state index is 14.0. The summed E-state index contributed by atoms with van der Waals surface area (Å²) >= 11 is 0. The topological polar surface area (TPSA) is 108 Å². The average Bonchev–Trinajstić information content (AvgIpc) is 2.81. The van der Waals surface area contributed by atoms with Gasteiger partial charge in [-0.3, -0.25) is 14.4 Å². The molecule has 7 bridgehead atoms. The van der Waals surface area contributed by atoms with E-state index < -0.39 is 59.1 Å². The fourth-order valence-electron chi connectivity index (χ4n) is 9.07. The summed E-state index contributed by atoms with van der Waals surface area (Å²) in [6, 6.07) is 0.